The van der Waals surface area contributed by atoms with Crippen LogP contribution in [0.5, 0.6) is 0 Å². The average Bonchev–Trinajstić information content (AvgIpc) is 2.86. The van der Waals surface area contributed by atoms with E-state index in [0.717, 1.165) is 44.0 Å². The number of aryl methyl sites for hydroxylation is 1. The number of hydrogen-bond donors (Lipinski definition) is 1. The predicted molar refractivity (Wildman–Crippen MR) is 136 cm³/mol. The van der Waals surface area contributed by atoms with Gasteiger partial charge in [0, 0.05) is 18.2 Å². The van der Waals surface area contributed by atoms with Crippen molar-refractivity contribution in [2.24, 2.45) is 5.92 Å². The van der Waals surface area contributed by atoms with E-state index < -0.39 is 0 Å². The third-order valence-electron chi connectivity index (χ3n) is 6.78. The Kier molecular flexibility index (Phi) is 8.32. The summed E-state index contributed by atoms with van der Waals surface area (Å²) in [6.45, 7) is 5.35. The van der Waals surface area contributed by atoms with Gasteiger partial charge in [0.2, 0.25) is 0 Å². The van der Waals surface area contributed by atoms with E-state index in [9.17, 15) is 4.79 Å². The Morgan fingerprint density at radius 1 is 0.848 bits per heavy atom. The van der Waals surface area contributed by atoms with Gasteiger partial charge in [0.05, 0.1) is 0 Å². The highest BCUT2D eigenvalue weighted by molar-refractivity contribution is 5.94. The molecule has 1 saturated heterocycles. The maximum absolute atomic E-state index is 12.6. The van der Waals surface area contributed by atoms with E-state index in [2.05, 4.69) is 83.9 Å². The van der Waals surface area contributed by atoms with Crippen molar-refractivity contribution in [2.45, 2.75) is 51.6 Å². The third-order valence-corrected chi connectivity index (χ3v) is 6.78. The molecule has 3 nitrogen and oxygen atoms in total. The molecule has 0 aliphatic carbocycles. The van der Waals surface area contributed by atoms with Crippen molar-refractivity contribution in [3.05, 3.63) is 107 Å². The van der Waals surface area contributed by atoms with Crippen LogP contribution in [0.15, 0.2) is 84.9 Å². The van der Waals surface area contributed by atoms with E-state index in [0.29, 0.717) is 0 Å². The molecule has 3 aromatic rings. The maximum atomic E-state index is 12.6. The molecule has 1 atom stereocenters. The highest BCUT2D eigenvalue weighted by atomic mass is 16.1. The summed E-state index contributed by atoms with van der Waals surface area (Å²) in [5, 5.41) is 3.14. The van der Waals surface area contributed by atoms with Crippen LogP contribution in [-0.2, 0) is 19.4 Å². The molecule has 1 aliphatic rings. The summed E-state index contributed by atoms with van der Waals surface area (Å²) in [6.07, 6.45) is 5.63. The van der Waals surface area contributed by atoms with Gasteiger partial charge >= 0.3 is 0 Å². The Hall–Kier alpha value is -2.91. The van der Waals surface area contributed by atoms with E-state index in [4.69, 9.17) is 0 Å². The molecule has 0 aromatic heterocycles. The van der Waals surface area contributed by atoms with Crippen LogP contribution in [0, 0.1) is 5.92 Å². The Morgan fingerprint density at radius 2 is 1.45 bits per heavy atom. The molecule has 3 aromatic carbocycles. The van der Waals surface area contributed by atoms with Gasteiger partial charge in [-0.3, -0.25) is 9.69 Å². The lowest BCUT2D eigenvalue weighted by molar-refractivity contribution is 0.0938. The summed E-state index contributed by atoms with van der Waals surface area (Å²) >= 11 is 0. The van der Waals surface area contributed by atoms with Gasteiger partial charge in [-0.15, -0.1) is 0 Å². The van der Waals surface area contributed by atoms with Crippen molar-refractivity contribution < 1.29 is 4.79 Å². The zero-order valence-corrected chi connectivity index (χ0v) is 19.7. The second-order valence-corrected chi connectivity index (χ2v) is 9.50. The largest absolute Gasteiger partial charge is 0.350 e. The SMILES string of the molecule is C[C@@H](CCc1ccccc1)NC(=O)c1ccc(CN2CCC(Cc3ccccc3)CC2)cc1. The monoisotopic (exact) mass is 440 g/mol. The molecule has 0 spiro atoms. The first kappa shape index (κ1) is 23.3. The fourth-order valence-electron chi connectivity index (χ4n) is 4.72. The molecule has 0 radical (unpaired) electrons. The van der Waals surface area contributed by atoms with Crippen molar-refractivity contribution in [3.63, 3.8) is 0 Å². The van der Waals surface area contributed by atoms with Crippen molar-refractivity contribution in [3.8, 4) is 0 Å². The molecule has 0 saturated carbocycles. The molecular weight excluding hydrogens is 404 g/mol. The lowest BCUT2D eigenvalue weighted by Gasteiger charge is -2.32. The number of carbonyl (C=O) groups is 1. The number of hydrogen-bond acceptors (Lipinski definition) is 2. The van der Waals surface area contributed by atoms with Gasteiger partial charge in [-0.25, -0.2) is 0 Å². The second kappa shape index (κ2) is 11.8. The minimum atomic E-state index is 0.0174. The van der Waals surface area contributed by atoms with Crippen LogP contribution in [0.1, 0.15) is 53.2 Å². The summed E-state index contributed by atoms with van der Waals surface area (Å²) in [5.74, 6) is 0.808. The number of benzene rings is 3. The van der Waals surface area contributed by atoms with E-state index >= 15 is 0 Å². The molecule has 1 amide bonds. The van der Waals surface area contributed by atoms with Crippen LogP contribution < -0.4 is 5.32 Å². The second-order valence-electron chi connectivity index (χ2n) is 9.50. The Balaban J connectivity index is 1.19. The fraction of sp³-hybridized carbons (Fsp3) is 0.367. The minimum Gasteiger partial charge on any atom is -0.350 e. The van der Waals surface area contributed by atoms with Crippen molar-refractivity contribution in [1.82, 2.24) is 10.2 Å². The van der Waals surface area contributed by atoms with Crippen LogP contribution in [0.3, 0.4) is 0 Å². The number of carbonyl (C=O) groups excluding carboxylic acids is 1. The van der Waals surface area contributed by atoms with E-state index in [1.807, 2.05) is 18.2 Å². The molecule has 0 bridgehead atoms. The first-order chi connectivity index (χ1) is 16.2. The molecule has 3 heteroatoms. The number of likely N-dealkylation sites (tertiary alicyclic amines) is 1. The molecular formula is C30H36N2O. The Labute approximate surface area is 198 Å². The van der Waals surface area contributed by atoms with Crippen molar-refractivity contribution in [1.29, 1.82) is 0 Å². The van der Waals surface area contributed by atoms with Gasteiger partial charge in [-0.2, -0.15) is 0 Å². The summed E-state index contributed by atoms with van der Waals surface area (Å²) in [5.41, 5.74) is 4.79. The molecule has 1 heterocycles. The van der Waals surface area contributed by atoms with Gasteiger partial charge in [0.1, 0.15) is 0 Å². The van der Waals surface area contributed by atoms with Gasteiger partial charge in [-0.1, -0.05) is 72.8 Å². The van der Waals surface area contributed by atoms with Gasteiger partial charge < -0.3 is 5.32 Å². The maximum Gasteiger partial charge on any atom is 0.251 e. The first-order valence-corrected chi connectivity index (χ1v) is 12.4. The third kappa shape index (κ3) is 7.30. The molecule has 172 valence electrons. The topological polar surface area (TPSA) is 32.3 Å². The van der Waals surface area contributed by atoms with E-state index in [-0.39, 0.29) is 11.9 Å². The summed E-state index contributed by atoms with van der Waals surface area (Å²) in [4.78, 5) is 15.2. The number of rotatable bonds is 9. The van der Waals surface area contributed by atoms with Crippen LogP contribution in [0.2, 0.25) is 0 Å². The molecule has 1 fully saturated rings. The van der Waals surface area contributed by atoms with E-state index in [1.54, 1.807) is 0 Å². The van der Waals surface area contributed by atoms with Crippen LogP contribution in [0.4, 0.5) is 0 Å². The molecule has 1 aliphatic heterocycles. The fourth-order valence-corrected chi connectivity index (χ4v) is 4.72. The molecule has 4 rings (SSSR count). The van der Waals surface area contributed by atoms with Crippen molar-refractivity contribution >= 4 is 5.91 Å². The summed E-state index contributed by atoms with van der Waals surface area (Å²) in [6, 6.07) is 29.6. The number of nitrogens with one attached hydrogen (secondary N) is 1. The lowest BCUT2D eigenvalue weighted by Crippen LogP contribution is -2.34. The van der Waals surface area contributed by atoms with Gasteiger partial charge in [-0.05, 0) is 86.9 Å². The van der Waals surface area contributed by atoms with Gasteiger partial charge in [0.25, 0.3) is 5.91 Å². The summed E-state index contributed by atoms with van der Waals surface area (Å²) < 4.78 is 0. The Morgan fingerprint density at radius 3 is 2.09 bits per heavy atom. The van der Waals surface area contributed by atoms with Crippen molar-refractivity contribution in [2.75, 3.05) is 13.1 Å². The Bertz CT molecular complexity index is 977. The predicted octanol–water partition coefficient (Wildman–Crippen LogP) is 5.89. The highest BCUT2D eigenvalue weighted by Gasteiger charge is 2.19. The summed E-state index contributed by atoms with van der Waals surface area (Å²) in [7, 11) is 0. The number of nitrogens with zero attached hydrogens (tertiary/aromatic N) is 1. The number of piperidine rings is 1. The molecule has 33 heavy (non-hydrogen) atoms. The van der Waals surface area contributed by atoms with Gasteiger partial charge in [0.15, 0.2) is 0 Å². The number of amides is 1. The normalized spacial score (nSPS) is 15.8. The lowest BCUT2D eigenvalue weighted by atomic mass is 9.90. The quantitative estimate of drug-likeness (QED) is 0.450. The van der Waals surface area contributed by atoms with E-state index in [1.165, 1.54) is 36.0 Å². The first-order valence-electron chi connectivity index (χ1n) is 12.4. The molecule has 1 N–H and O–H groups in total. The minimum absolute atomic E-state index is 0.0174. The zero-order chi connectivity index (χ0) is 22.9. The standard InChI is InChI=1S/C30H36N2O/c1-24(12-13-25-8-4-2-5-9-25)31-30(33)29-16-14-28(15-17-29)23-32-20-18-27(19-21-32)22-26-10-6-3-7-11-26/h2-11,14-17,24,27H,12-13,18-23H2,1H3,(H,31,33)/t24-/m0/s1. The van der Waals surface area contributed by atoms with Crippen LogP contribution in [0.25, 0.3) is 0 Å². The molecule has 0 unspecified atom stereocenters. The average molecular weight is 441 g/mol. The van der Waals surface area contributed by atoms with Crippen LogP contribution >= 0.6 is 0 Å². The smallest absolute Gasteiger partial charge is 0.251 e. The highest BCUT2D eigenvalue weighted by Crippen LogP contribution is 2.23. The zero-order valence-electron chi connectivity index (χ0n) is 19.7. The van der Waals surface area contributed by atoms with Crippen LogP contribution in [-0.4, -0.2) is 29.9 Å².